The maximum Gasteiger partial charge on any atom is 0.229 e. The lowest BCUT2D eigenvalue weighted by atomic mass is 9.76. The zero-order valence-corrected chi connectivity index (χ0v) is 16.6. The molecule has 1 saturated heterocycles. The van der Waals surface area contributed by atoms with Gasteiger partial charge < -0.3 is 20.7 Å². The smallest absolute Gasteiger partial charge is 0.229 e. The highest BCUT2D eigenvalue weighted by Gasteiger charge is 2.38. The molecule has 7 heteroatoms. The number of nitrogens with one attached hydrogen (secondary N) is 1. The number of hydrogen-bond donors (Lipinski definition) is 2. The number of nitrogens with zero attached hydrogens (tertiary/aromatic N) is 3. The molecule has 0 radical (unpaired) electrons. The summed E-state index contributed by atoms with van der Waals surface area (Å²) in [7, 11) is 0. The molecular formula is C22H25N5O2. The molecule has 150 valence electrons. The number of rotatable bonds is 2. The van der Waals surface area contributed by atoms with Gasteiger partial charge in [-0.1, -0.05) is 29.8 Å². The number of aromatic nitrogens is 2. The van der Waals surface area contributed by atoms with E-state index in [2.05, 4.69) is 46.4 Å². The Morgan fingerprint density at radius 3 is 2.66 bits per heavy atom. The summed E-state index contributed by atoms with van der Waals surface area (Å²) in [6.07, 6.45) is 2.28. The van der Waals surface area contributed by atoms with Crippen molar-refractivity contribution in [3.63, 3.8) is 0 Å². The second-order valence-electron chi connectivity index (χ2n) is 7.91. The fraction of sp³-hybridized carbons (Fsp3) is 0.409. The van der Waals surface area contributed by atoms with Crippen molar-refractivity contribution in [2.45, 2.75) is 32.1 Å². The van der Waals surface area contributed by atoms with Crippen LogP contribution in [0.4, 0.5) is 17.6 Å². The third-order valence-corrected chi connectivity index (χ3v) is 5.97. The number of Topliss-reactive ketones (excluding diaryl/α,β-unsaturated/α-hetero) is 1. The number of hydrogen-bond acceptors (Lipinski definition) is 7. The summed E-state index contributed by atoms with van der Waals surface area (Å²) in [6, 6.07) is 8.31. The molecule has 29 heavy (non-hydrogen) atoms. The molecular weight excluding hydrogens is 366 g/mol. The minimum absolute atomic E-state index is 0.187. The predicted molar refractivity (Wildman–Crippen MR) is 112 cm³/mol. The van der Waals surface area contributed by atoms with E-state index in [9.17, 15) is 4.79 Å². The van der Waals surface area contributed by atoms with Gasteiger partial charge in [0.15, 0.2) is 5.78 Å². The number of aryl methyl sites for hydroxylation is 1. The van der Waals surface area contributed by atoms with Crippen LogP contribution in [0.5, 0.6) is 0 Å². The number of ether oxygens (including phenoxy) is 1. The molecule has 0 saturated carbocycles. The second-order valence-corrected chi connectivity index (χ2v) is 7.91. The molecule has 1 aromatic heterocycles. The summed E-state index contributed by atoms with van der Waals surface area (Å²) in [4.78, 5) is 24.5. The van der Waals surface area contributed by atoms with E-state index in [1.165, 1.54) is 5.56 Å². The molecule has 7 nitrogen and oxygen atoms in total. The molecule has 3 N–H and O–H groups in total. The topological polar surface area (TPSA) is 93.4 Å². The average molecular weight is 391 g/mol. The molecule has 1 aromatic carbocycles. The molecule has 1 fully saturated rings. The van der Waals surface area contributed by atoms with Crippen LogP contribution in [0.2, 0.25) is 0 Å². The molecule has 0 spiro atoms. The highest BCUT2D eigenvalue weighted by Crippen LogP contribution is 2.46. The molecule has 0 amide bonds. The molecule has 0 bridgehead atoms. The van der Waals surface area contributed by atoms with Crippen LogP contribution < -0.4 is 16.0 Å². The Bertz CT molecular complexity index is 993. The number of carbonyl (C=O) groups is 1. The number of nitrogens with two attached hydrogens (primary N) is 1. The Kier molecular flexibility index (Phi) is 4.47. The van der Waals surface area contributed by atoms with E-state index in [0.29, 0.717) is 31.4 Å². The average Bonchev–Trinajstić information content (AvgIpc) is 2.74. The number of allylic oxidation sites excluding steroid dienone is 2. The van der Waals surface area contributed by atoms with Gasteiger partial charge in [-0.15, -0.1) is 0 Å². The van der Waals surface area contributed by atoms with E-state index in [4.69, 9.17) is 15.5 Å². The van der Waals surface area contributed by atoms with Gasteiger partial charge in [-0.3, -0.25) is 4.79 Å². The summed E-state index contributed by atoms with van der Waals surface area (Å²) in [5.41, 5.74) is 11.3. The standard InChI is InChI=1S/C22H25N5O2/c1-13-5-7-14(8-6-13)17-18-15(3-2-4-16(18)28)24-21-19(17)20(23)25-22(26-21)27-9-11-29-12-10-27/h5-8,17H,2-4,9-12H2,1H3,(H3,23,24,25,26)/t17-/m0/s1. The van der Waals surface area contributed by atoms with Crippen LogP contribution >= 0.6 is 0 Å². The first kappa shape index (κ1) is 18.1. The minimum atomic E-state index is -0.228. The molecule has 2 aromatic rings. The quantitative estimate of drug-likeness (QED) is 0.813. The van der Waals surface area contributed by atoms with E-state index in [0.717, 1.165) is 54.1 Å². The molecule has 3 heterocycles. The first-order chi connectivity index (χ1) is 14.1. The van der Waals surface area contributed by atoms with Crippen LogP contribution in [0.15, 0.2) is 35.5 Å². The van der Waals surface area contributed by atoms with E-state index >= 15 is 0 Å². The monoisotopic (exact) mass is 391 g/mol. The summed E-state index contributed by atoms with van der Waals surface area (Å²) >= 11 is 0. The van der Waals surface area contributed by atoms with Crippen LogP contribution in [-0.4, -0.2) is 42.1 Å². The minimum Gasteiger partial charge on any atom is -0.383 e. The van der Waals surface area contributed by atoms with E-state index < -0.39 is 0 Å². The predicted octanol–water partition coefficient (Wildman–Crippen LogP) is 2.77. The Morgan fingerprint density at radius 1 is 1.14 bits per heavy atom. The lowest BCUT2D eigenvalue weighted by Gasteiger charge is -2.35. The Labute approximate surface area is 170 Å². The summed E-state index contributed by atoms with van der Waals surface area (Å²) in [5, 5.41) is 3.43. The lowest BCUT2D eigenvalue weighted by Crippen LogP contribution is -2.38. The van der Waals surface area contributed by atoms with Crippen molar-refractivity contribution in [3.05, 3.63) is 52.2 Å². The normalized spacial score (nSPS) is 21.5. The van der Waals surface area contributed by atoms with Crippen LogP contribution in [-0.2, 0) is 9.53 Å². The zero-order chi connectivity index (χ0) is 20.0. The van der Waals surface area contributed by atoms with Crippen molar-refractivity contribution < 1.29 is 9.53 Å². The van der Waals surface area contributed by atoms with Gasteiger partial charge in [0.2, 0.25) is 5.95 Å². The fourth-order valence-corrected chi connectivity index (χ4v) is 4.47. The number of ketones is 1. The number of nitrogen functional groups attached to an aromatic ring is 1. The molecule has 2 aliphatic heterocycles. The Balaban J connectivity index is 1.65. The summed E-state index contributed by atoms with van der Waals surface area (Å²) < 4.78 is 5.44. The number of morpholine rings is 1. The SMILES string of the molecule is Cc1ccc([C@H]2C3=C(CCCC3=O)Nc3nc(N4CCOCC4)nc(N)c32)cc1. The third kappa shape index (κ3) is 3.15. The van der Waals surface area contributed by atoms with Gasteiger partial charge in [0.1, 0.15) is 11.6 Å². The van der Waals surface area contributed by atoms with Crippen LogP contribution in [0, 0.1) is 6.92 Å². The maximum atomic E-state index is 12.9. The maximum absolute atomic E-state index is 12.9. The number of anilines is 3. The Morgan fingerprint density at radius 2 is 1.90 bits per heavy atom. The van der Waals surface area contributed by atoms with Gasteiger partial charge in [-0.2, -0.15) is 9.97 Å². The lowest BCUT2D eigenvalue weighted by molar-refractivity contribution is -0.116. The van der Waals surface area contributed by atoms with Crippen LogP contribution in [0.1, 0.15) is 41.9 Å². The van der Waals surface area contributed by atoms with Gasteiger partial charge in [0.05, 0.1) is 13.2 Å². The van der Waals surface area contributed by atoms with Crippen molar-refractivity contribution in [2.24, 2.45) is 0 Å². The second kappa shape index (κ2) is 7.15. The van der Waals surface area contributed by atoms with Crippen LogP contribution in [0.3, 0.4) is 0 Å². The molecule has 1 atom stereocenters. The van der Waals surface area contributed by atoms with Gasteiger partial charge >= 0.3 is 0 Å². The molecule has 5 rings (SSSR count). The van der Waals surface area contributed by atoms with Gasteiger partial charge in [-0.25, -0.2) is 0 Å². The molecule has 1 aliphatic carbocycles. The van der Waals surface area contributed by atoms with Crippen molar-refractivity contribution in [2.75, 3.05) is 42.3 Å². The number of carbonyl (C=O) groups excluding carboxylic acids is 1. The van der Waals surface area contributed by atoms with E-state index in [1.807, 2.05) is 0 Å². The number of fused-ring (bicyclic) bond motifs is 1. The number of benzene rings is 1. The highest BCUT2D eigenvalue weighted by molar-refractivity contribution is 6.01. The summed E-state index contributed by atoms with van der Waals surface area (Å²) in [6.45, 7) is 4.86. The molecule has 3 aliphatic rings. The van der Waals surface area contributed by atoms with E-state index in [1.54, 1.807) is 0 Å². The third-order valence-electron chi connectivity index (χ3n) is 5.97. The van der Waals surface area contributed by atoms with Crippen LogP contribution in [0.25, 0.3) is 0 Å². The fourth-order valence-electron chi connectivity index (χ4n) is 4.47. The van der Waals surface area contributed by atoms with Crippen molar-refractivity contribution in [1.82, 2.24) is 9.97 Å². The van der Waals surface area contributed by atoms with Gasteiger partial charge in [-0.05, 0) is 25.3 Å². The first-order valence-electron chi connectivity index (χ1n) is 10.2. The largest absolute Gasteiger partial charge is 0.383 e. The zero-order valence-electron chi connectivity index (χ0n) is 16.6. The van der Waals surface area contributed by atoms with E-state index in [-0.39, 0.29) is 11.7 Å². The van der Waals surface area contributed by atoms with Gasteiger partial charge in [0, 0.05) is 42.3 Å². The first-order valence-corrected chi connectivity index (χ1v) is 10.2. The highest BCUT2D eigenvalue weighted by atomic mass is 16.5. The van der Waals surface area contributed by atoms with Crippen molar-refractivity contribution >= 4 is 23.4 Å². The Hall–Kier alpha value is -2.93. The summed E-state index contributed by atoms with van der Waals surface area (Å²) in [5.74, 6) is 1.73. The van der Waals surface area contributed by atoms with Crippen molar-refractivity contribution in [3.8, 4) is 0 Å². The molecule has 0 unspecified atom stereocenters. The van der Waals surface area contributed by atoms with Crippen molar-refractivity contribution in [1.29, 1.82) is 0 Å². The van der Waals surface area contributed by atoms with Gasteiger partial charge in [0.25, 0.3) is 0 Å².